The minimum atomic E-state index is -1.17. The molecule has 9 nitrogen and oxygen atoms in total. The van der Waals surface area contributed by atoms with Crippen LogP contribution in [0.5, 0.6) is 0 Å². The number of imidazole rings is 1. The normalized spacial score (nSPS) is 17.2. The molecule has 10 heteroatoms. The molecule has 2 aliphatic heterocycles. The first kappa shape index (κ1) is 25.8. The average molecular weight is 535 g/mol. The van der Waals surface area contributed by atoms with Crippen molar-refractivity contribution in [3.05, 3.63) is 82.9 Å². The van der Waals surface area contributed by atoms with Crippen LogP contribution in [-0.4, -0.2) is 62.0 Å². The Morgan fingerprint density at radius 1 is 1.08 bits per heavy atom. The third-order valence-corrected chi connectivity index (χ3v) is 7.59. The number of urea groups is 1. The molecule has 2 N–H and O–H groups in total. The van der Waals surface area contributed by atoms with Crippen LogP contribution < -0.4 is 10.6 Å². The summed E-state index contributed by atoms with van der Waals surface area (Å²) >= 11 is 5.95. The van der Waals surface area contributed by atoms with Crippen molar-refractivity contribution in [3.8, 4) is 0 Å². The van der Waals surface area contributed by atoms with Gasteiger partial charge in [-0.15, -0.1) is 0 Å². The van der Waals surface area contributed by atoms with E-state index in [0.29, 0.717) is 55.4 Å². The van der Waals surface area contributed by atoms with Crippen LogP contribution in [0, 0.1) is 6.92 Å². The van der Waals surface area contributed by atoms with Crippen LogP contribution in [0.15, 0.2) is 60.8 Å². The van der Waals surface area contributed by atoms with E-state index in [0.717, 1.165) is 11.3 Å². The van der Waals surface area contributed by atoms with Gasteiger partial charge in [-0.3, -0.25) is 9.36 Å². The molecule has 0 aliphatic carbocycles. The molecule has 1 fully saturated rings. The molecule has 1 aromatic heterocycles. The zero-order valence-corrected chi connectivity index (χ0v) is 22.2. The van der Waals surface area contributed by atoms with E-state index >= 15 is 0 Å². The number of nitrogens with zero attached hydrogens (tertiary/aromatic N) is 4. The number of anilines is 1. The summed E-state index contributed by atoms with van der Waals surface area (Å²) in [6.07, 6.45) is 3.44. The number of carbonyl (C=O) groups is 3. The summed E-state index contributed by atoms with van der Waals surface area (Å²) in [5.74, 6) is 0.546. The molecule has 198 valence electrons. The van der Waals surface area contributed by atoms with Crippen LogP contribution in [-0.2, 0) is 17.8 Å². The molecule has 3 aromatic rings. The number of likely N-dealkylation sites (tertiary alicyclic amines) is 1. The van der Waals surface area contributed by atoms with Crippen molar-refractivity contribution in [2.45, 2.75) is 51.2 Å². The van der Waals surface area contributed by atoms with Crippen LogP contribution in [0.25, 0.3) is 0 Å². The highest BCUT2D eigenvalue weighted by Gasteiger charge is 2.41. The minimum absolute atomic E-state index is 0.0470. The Hall–Kier alpha value is -3.85. The number of halogens is 1. The third-order valence-electron chi connectivity index (χ3n) is 7.34. The lowest BCUT2D eigenvalue weighted by Crippen LogP contribution is -2.61. The fourth-order valence-electron chi connectivity index (χ4n) is 5.37. The molecule has 3 heterocycles. The molecule has 2 aromatic carbocycles. The number of hydrogen-bond donors (Lipinski definition) is 2. The van der Waals surface area contributed by atoms with Gasteiger partial charge in [-0.25, -0.2) is 14.6 Å². The highest BCUT2D eigenvalue weighted by atomic mass is 35.5. The second-order valence-electron chi connectivity index (χ2n) is 10.1. The third kappa shape index (κ3) is 5.24. The fourth-order valence-corrected chi connectivity index (χ4v) is 5.50. The molecule has 0 saturated carbocycles. The first-order valence-corrected chi connectivity index (χ1v) is 13.1. The standard InChI is InChI=1S/C28H31ClN6O3/c1-19-30-17-24-18-34(27(38)35(19)24)23-12-14-33(15-13-23)25(36)28(2,16-20-6-4-3-5-7-20)32-26(37)31-22-10-8-21(29)9-11-22/h3-11,17,23H,12-16,18H2,1-2H3,(H2,31,32,37). The maximum Gasteiger partial charge on any atom is 0.330 e. The second kappa shape index (κ2) is 10.5. The number of aryl methyl sites for hydroxylation is 1. The smallest absolute Gasteiger partial charge is 0.330 e. The van der Waals surface area contributed by atoms with E-state index in [1.54, 1.807) is 46.9 Å². The molecule has 1 saturated heterocycles. The first-order valence-electron chi connectivity index (χ1n) is 12.8. The summed E-state index contributed by atoms with van der Waals surface area (Å²) in [4.78, 5) is 47.8. The minimum Gasteiger partial charge on any atom is -0.341 e. The van der Waals surface area contributed by atoms with Crippen molar-refractivity contribution in [3.63, 3.8) is 0 Å². The molecule has 2 aliphatic rings. The van der Waals surface area contributed by atoms with Crippen molar-refractivity contribution in [2.75, 3.05) is 18.4 Å². The Balaban J connectivity index is 1.27. The van der Waals surface area contributed by atoms with Gasteiger partial charge in [-0.05, 0) is 56.5 Å². The van der Waals surface area contributed by atoms with Crippen LogP contribution in [0.1, 0.15) is 36.8 Å². The van der Waals surface area contributed by atoms with E-state index in [-0.39, 0.29) is 18.0 Å². The molecular formula is C28H31ClN6O3. The number of amides is 4. The van der Waals surface area contributed by atoms with Gasteiger partial charge in [0.2, 0.25) is 5.91 Å². The average Bonchev–Trinajstić information content (AvgIpc) is 3.44. The molecule has 38 heavy (non-hydrogen) atoms. The van der Waals surface area contributed by atoms with Gasteiger partial charge in [0.25, 0.3) is 0 Å². The number of aromatic nitrogens is 2. The Labute approximate surface area is 226 Å². The number of carbonyl (C=O) groups excluding carboxylic acids is 3. The van der Waals surface area contributed by atoms with Gasteiger partial charge in [-0.2, -0.15) is 0 Å². The van der Waals surface area contributed by atoms with E-state index in [2.05, 4.69) is 15.6 Å². The predicted molar refractivity (Wildman–Crippen MR) is 145 cm³/mol. The van der Waals surface area contributed by atoms with Crippen LogP contribution in [0.3, 0.4) is 0 Å². The highest BCUT2D eigenvalue weighted by molar-refractivity contribution is 6.30. The van der Waals surface area contributed by atoms with Crippen molar-refractivity contribution in [1.82, 2.24) is 24.7 Å². The summed E-state index contributed by atoms with van der Waals surface area (Å²) in [5.41, 5.74) is 1.25. The maximum absolute atomic E-state index is 13.9. The number of piperidine rings is 1. The van der Waals surface area contributed by atoms with Crippen molar-refractivity contribution >= 4 is 35.3 Å². The van der Waals surface area contributed by atoms with Crippen molar-refractivity contribution in [1.29, 1.82) is 0 Å². The number of hydrogen-bond acceptors (Lipinski definition) is 4. The second-order valence-corrected chi connectivity index (χ2v) is 10.6. The van der Waals surface area contributed by atoms with Gasteiger partial charge in [-0.1, -0.05) is 41.9 Å². The van der Waals surface area contributed by atoms with Crippen LogP contribution in [0.2, 0.25) is 5.02 Å². The largest absolute Gasteiger partial charge is 0.341 e. The SMILES string of the molecule is Cc1ncc2n1C(=O)N(C1CCN(C(=O)C(C)(Cc3ccccc3)NC(=O)Nc3ccc(Cl)cc3)CC1)C2. The number of rotatable bonds is 6. The lowest BCUT2D eigenvalue weighted by atomic mass is 9.90. The predicted octanol–water partition coefficient (Wildman–Crippen LogP) is 4.44. The molecule has 0 bridgehead atoms. The highest BCUT2D eigenvalue weighted by Crippen LogP contribution is 2.27. The Morgan fingerprint density at radius 2 is 1.76 bits per heavy atom. The zero-order valence-electron chi connectivity index (χ0n) is 21.5. The molecule has 5 rings (SSSR count). The number of fused-ring (bicyclic) bond motifs is 1. The topological polar surface area (TPSA) is 99.6 Å². The van der Waals surface area contributed by atoms with E-state index in [4.69, 9.17) is 11.6 Å². The number of nitrogens with one attached hydrogen (secondary N) is 2. The lowest BCUT2D eigenvalue weighted by molar-refractivity contribution is -0.138. The lowest BCUT2D eigenvalue weighted by Gasteiger charge is -2.40. The summed E-state index contributed by atoms with van der Waals surface area (Å²) in [6.45, 7) is 5.14. The Bertz CT molecular complexity index is 1330. The molecule has 0 radical (unpaired) electrons. The fraction of sp³-hybridized carbons (Fsp3) is 0.357. The molecular weight excluding hydrogens is 504 g/mol. The summed E-state index contributed by atoms with van der Waals surface area (Å²) in [6, 6.07) is 16.0. The summed E-state index contributed by atoms with van der Waals surface area (Å²) in [7, 11) is 0. The molecule has 0 spiro atoms. The quantitative estimate of drug-likeness (QED) is 0.488. The molecule has 1 atom stereocenters. The van der Waals surface area contributed by atoms with Gasteiger partial charge in [0.05, 0.1) is 18.4 Å². The monoisotopic (exact) mass is 534 g/mol. The zero-order chi connectivity index (χ0) is 26.9. The van der Waals surface area contributed by atoms with Crippen molar-refractivity contribution < 1.29 is 14.4 Å². The van der Waals surface area contributed by atoms with Gasteiger partial charge >= 0.3 is 12.1 Å². The van der Waals surface area contributed by atoms with Crippen LogP contribution in [0.4, 0.5) is 15.3 Å². The first-order chi connectivity index (χ1) is 18.2. The molecule has 1 unspecified atom stereocenters. The Morgan fingerprint density at radius 3 is 2.42 bits per heavy atom. The molecule has 4 amide bonds. The maximum atomic E-state index is 13.9. The van der Waals surface area contributed by atoms with Gasteiger partial charge in [0.1, 0.15) is 11.4 Å². The van der Waals surface area contributed by atoms with Gasteiger partial charge in [0, 0.05) is 36.3 Å². The summed E-state index contributed by atoms with van der Waals surface area (Å²) in [5, 5.41) is 6.31. The van der Waals surface area contributed by atoms with E-state index in [9.17, 15) is 14.4 Å². The van der Waals surface area contributed by atoms with E-state index in [1.165, 1.54) is 0 Å². The van der Waals surface area contributed by atoms with E-state index < -0.39 is 11.6 Å². The van der Waals surface area contributed by atoms with Crippen molar-refractivity contribution in [2.24, 2.45) is 0 Å². The summed E-state index contributed by atoms with van der Waals surface area (Å²) < 4.78 is 1.66. The number of benzene rings is 2. The van der Waals surface area contributed by atoms with Gasteiger partial charge in [0.15, 0.2) is 0 Å². The Kier molecular flexibility index (Phi) is 7.12. The van der Waals surface area contributed by atoms with Gasteiger partial charge < -0.3 is 20.4 Å². The van der Waals surface area contributed by atoms with E-state index in [1.807, 2.05) is 42.2 Å². The van der Waals surface area contributed by atoms with Crippen LogP contribution >= 0.6 is 11.6 Å².